The van der Waals surface area contributed by atoms with Gasteiger partial charge in [-0.05, 0) is 6.07 Å². The third kappa shape index (κ3) is 2.95. The molecule has 0 aromatic heterocycles. The van der Waals surface area contributed by atoms with Crippen molar-refractivity contribution >= 4 is 23.4 Å². The van der Waals surface area contributed by atoms with E-state index in [1.165, 1.54) is 30.3 Å². The second kappa shape index (κ2) is 6.79. The number of Topliss-reactive ketones (excluding diaryl/α,β-unsaturated/α-hetero) is 1. The first-order valence-corrected chi connectivity index (χ1v) is 7.72. The van der Waals surface area contributed by atoms with E-state index in [0.717, 1.165) is 11.0 Å². The Hall–Kier alpha value is -3.48. The number of aliphatic hydroxyl groups excluding tert-OH is 1. The molecule has 0 bridgehead atoms. The quantitative estimate of drug-likeness (QED) is 0.499. The number of benzene rings is 2. The highest BCUT2D eigenvalue weighted by Crippen LogP contribution is 2.39. The number of ketones is 1. The summed E-state index contributed by atoms with van der Waals surface area (Å²) in [6, 6.07) is 12.1. The summed E-state index contributed by atoms with van der Waals surface area (Å²) in [4.78, 5) is 36.7. The number of carboxylic acids is 1. The van der Waals surface area contributed by atoms with Gasteiger partial charge in [0.25, 0.3) is 11.7 Å². The van der Waals surface area contributed by atoms with Gasteiger partial charge in [-0.1, -0.05) is 48.5 Å². The highest BCUT2D eigenvalue weighted by Gasteiger charge is 2.47. The first-order valence-electron chi connectivity index (χ1n) is 7.72. The number of hydrogen-bond donors (Lipinski definition) is 2. The molecule has 132 valence electrons. The summed E-state index contributed by atoms with van der Waals surface area (Å²) >= 11 is 0. The molecule has 6 nitrogen and oxygen atoms in total. The average molecular weight is 355 g/mol. The monoisotopic (exact) mass is 355 g/mol. The Morgan fingerprint density at radius 1 is 1.00 bits per heavy atom. The molecule has 7 heteroatoms. The van der Waals surface area contributed by atoms with Crippen molar-refractivity contribution in [1.82, 2.24) is 4.90 Å². The minimum atomic E-state index is -1.35. The van der Waals surface area contributed by atoms with Crippen LogP contribution in [0.1, 0.15) is 17.2 Å². The van der Waals surface area contributed by atoms with E-state index in [2.05, 4.69) is 0 Å². The van der Waals surface area contributed by atoms with Crippen molar-refractivity contribution in [2.45, 2.75) is 6.04 Å². The van der Waals surface area contributed by atoms with Gasteiger partial charge in [-0.3, -0.25) is 14.4 Å². The molecule has 3 rings (SSSR count). The molecule has 2 N–H and O–H groups in total. The minimum Gasteiger partial charge on any atom is -0.507 e. The molecule has 1 fully saturated rings. The molecular weight excluding hydrogens is 341 g/mol. The van der Waals surface area contributed by atoms with Crippen LogP contribution < -0.4 is 0 Å². The molecule has 1 amide bonds. The van der Waals surface area contributed by atoms with Gasteiger partial charge >= 0.3 is 5.97 Å². The highest BCUT2D eigenvalue weighted by atomic mass is 19.1. The van der Waals surface area contributed by atoms with Gasteiger partial charge in [-0.25, -0.2) is 4.39 Å². The topological polar surface area (TPSA) is 94.9 Å². The van der Waals surface area contributed by atoms with E-state index in [1.54, 1.807) is 18.2 Å². The van der Waals surface area contributed by atoms with Gasteiger partial charge in [0.15, 0.2) is 0 Å². The van der Waals surface area contributed by atoms with Gasteiger partial charge in [-0.2, -0.15) is 0 Å². The van der Waals surface area contributed by atoms with Crippen LogP contribution in [0.2, 0.25) is 0 Å². The van der Waals surface area contributed by atoms with E-state index in [4.69, 9.17) is 5.11 Å². The number of carbonyl (C=O) groups is 3. The van der Waals surface area contributed by atoms with Crippen LogP contribution in [0.3, 0.4) is 0 Å². The molecule has 0 unspecified atom stereocenters. The lowest BCUT2D eigenvalue weighted by molar-refractivity contribution is -0.146. The van der Waals surface area contributed by atoms with Crippen molar-refractivity contribution in [1.29, 1.82) is 0 Å². The summed E-state index contributed by atoms with van der Waals surface area (Å²) in [7, 11) is 0. The van der Waals surface area contributed by atoms with Crippen molar-refractivity contribution in [3.05, 3.63) is 77.1 Å². The number of halogens is 1. The summed E-state index contributed by atoms with van der Waals surface area (Å²) in [5, 5.41) is 19.7. The first kappa shape index (κ1) is 17.3. The van der Waals surface area contributed by atoms with Crippen LogP contribution in [-0.2, 0) is 14.4 Å². The Kier molecular flexibility index (Phi) is 4.53. The van der Waals surface area contributed by atoms with E-state index in [0.29, 0.717) is 0 Å². The minimum absolute atomic E-state index is 0.0644. The molecule has 0 aliphatic carbocycles. The zero-order chi connectivity index (χ0) is 18.8. The number of aliphatic carboxylic acids is 1. The molecule has 1 saturated heterocycles. The number of nitrogens with zero attached hydrogens (tertiary/aromatic N) is 1. The van der Waals surface area contributed by atoms with Gasteiger partial charge < -0.3 is 15.1 Å². The molecule has 0 spiro atoms. The molecule has 0 saturated carbocycles. The third-order valence-electron chi connectivity index (χ3n) is 4.09. The predicted molar refractivity (Wildman–Crippen MR) is 89.5 cm³/mol. The summed E-state index contributed by atoms with van der Waals surface area (Å²) in [5.41, 5.74) is -0.139. The normalized spacial score (nSPS) is 19.0. The summed E-state index contributed by atoms with van der Waals surface area (Å²) in [6.45, 7) is -0.796. The van der Waals surface area contributed by atoms with Gasteiger partial charge in [0.1, 0.15) is 18.1 Å². The maximum atomic E-state index is 14.3. The number of aliphatic hydroxyl groups is 1. The highest BCUT2D eigenvalue weighted by molar-refractivity contribution is 6.46. The van der Waals surface area contributed by atoms with E-state index >= 15 is 0 Å². The lowest BCUT2D eigenvalue weighted by atomic mass is 9.95. The SMILES string of the molecule is O=C(O)CN1C(=O)C(=O)/C(=C(/O)c2ccccc2)[C@H]1c1ccccc1F. The molecular formula is C19H14FNO5. The van der Waals surface area contributed by atoms with Crippen molar-refractivity contribution < 1.29 is 29.0 Å². The molecule has 1 heterocycles. The number of likely N-dealkylation sites (tertiary alicyclic amines) is 1. The number of rotatable bonds is 4. The summed E-state index contributed by atoms with van der Waals surface area (Å²) < 4.78 is 14.3. The first-order chi connectivity index (χ1) is 12.4. The maximum Gasteiger partial charge on any atom is 0.323 e. The molecule has 1 aliphatic heterocycles. The van der Waals surface area contributed by atoms with Crippen LogP contribution in [0.5, 0.6) is 0 Å². The number of carbonyl (C=O) groups excluding carboxylic acids is 2. The van der Waals surface area contributed by atoms with E-state index in [-0.39, 0.29) is 16.7 Å². The van der Waals surface area contributed by atoms with Crippen LogP contribution in [0, 0.1) is 5.82 Å². The molecule has 26 heavy (non-hydrogen) atoms. The smallest absolute Gasteiger partial charge is 0.323 e. The van der Waals surface area contributed by atoms with Crippen LogP contribution in [-0.4, -0.2) is 39.3 Å². The average Bonchev–Trinajstić information content (AvgIpc) is 2.87. The lowest BCUT2D eigenvalue weighted by Gasteiger charge is -2.24. The van der Waals surface area contributed by atoms with E-state index < -0.39 is 41.8 Å². The summed E-state index contributed by atoms with van der Waals surface area (Å²) in [6.07, 6.45) is 0. The Bertz CT molecular complexity index is 923. The number of amides is 1. The molecule has 2 aromatic rings. The second-order valence-electron chi connectivity index (χ2n) is 5.71. The third-order valence-corrected chi connectivity index (χ3v) is 4.09. The van der Waals surface area contributed by atoms with Crippen molar-refractivity contribution in [3.63, 3.8) is 0 Å². The fraction of sp³-hybridized carbons (Fsp3) is 0.105. The Labute approximate surface area is 147 Å². The van der Waals surface area contributed by atoms with Gasteiger partial charge in [-0.15, -0.1) is 0 Å². The maximum absolute atomic E-state index is 14.3. The largest absolute Gasteiger partial charge is 0.507 e. The van der Waals surface area contributed by atoms with Crippen LogP contribution in [0.25, 0.3) is 5.76 Å². The predicted octanol–water partition coefficient (Wildman–Crippen LogP) is 2.33. The van der Waals surface area contributed by atoms with Crippen LogP contribution >= 0.6 is 0 Å². The fourth-order valence-corrected chi connectivity index (χ4v) is 2.96. The molecule has 0 radical (unpaired) electrons. The van der Waals surface area contributed by atoms with Crippen LogP contribution in [0.15, 0.2) is 60.2 Å². The van der Waals surface area contributed by atoms with Crippen molar-refractivity contribution in [2.75, 3.05) is 6.54 Å². The Morgan fingerprint density at radius 2 is 1.62 bits per heavy atom. The van der Waals surface area contributed by atoms with Crippen molar-refractivity contribution in [3.8, 4) is 0 Å². The number of carboxylic acid groups (broad SMARTS) is 1. The Balaban J connectivity index is 2.24. The fourth-order valence-electron chi connectivity index (χ4n) is 2.96. The second-order valence-corrected chi connectivity index (χ2v) is 5.71. The zero-order valence-electron chi connectivity index (χ0n) is 13.4. The Morgan fingerprint density at radius 3 is 2.23 bits per heavy atom. The zero-order valence-corrected chi connectivity index (χ0v) is 13.4. The lowest BCUT2D eigenvalue weighted by Crippen LogP contribution is -2.34. The van der Waals surface area contributed by atoms with Gasteiger partial charge in [0, 0.05) is 11.1 Å². The van der Waals surface area contributed by atoms with Gasteiger partial charge in [0.05, 0.1) is 11.6 Å². The molecule has 1 aliphatic rings. The summed E-state index contributed by atoms with van der Waals surface area (Å²) in [5.74, 6) is -4.70. The van der Waals surface area contributed by atoms with E-state index in [9.17, 15) is 23.9 Å². The number of hydrogen-bond acceptors (Lipinski definition) is 4. The molecule has 1 atom stereocenters. The van der Waals surface area contributed by atoms with E-state index in [1.807, 2.05) is 0 Å². The van der Waals surface area contributed by atoms with Crippen LogP contribution in [0.4, 0.5) is 4.39 Å². The standard InChI is InChI=1S/C19H14FNO5/c20-13-9-5-4-8-12(13)16-15(17(24)11-6-2-1-3-7-11)18(25)19(26)21(16)10-14(22)23/h1-9,16,24H,10H2,(H,22,23)/b17-15+/t16-/m1/s1. The molecule has 2 aromatic carbocycles. The van der Waals surface area contributed by atoms with Gasteiger partial charge in [0.2, 0.25) is 0 Å². The van der Waals surface area contributed by atoms with Crippen molar-refractivity contribution in [2.24, 2.45) is 0 Å².